The molecule has 0 bridgehead atoms. The fourth-order valence-electron chi connectivity index (χ4n) is 1.60. The number of nitrogens with one attached hydrogen (secondary N) is 1. The Morgan fingerprint density at radius 3 is 2.57 bits per heavy atom. The quantitative estimate of drug-likeness (QED) is 0.643. The first-order valence-electron chi connectivity index (χ1n) is 6.09. The lowest BCUT2D eigenvalue weighted by molar-refractivity contribution is -0.129. The van der Waals surface area contributed by atoms with Crippen molar-refractivity contribution in [1.29, 1.82) is 0 Å². The van der Waals surface area contributed by atoms with Gasteiger partial charge in [-0.1, -0.05) is 57.9 Å². The van der Waals surface area contributed by atoms with Crippen molar-refractivity contribution in [3.8, 4) is 0 Å². The van der Waals surface area contributed by atoms with Crippen LogP contribution in [-0.2, 0) is 4.79 Å². The van der Waals surface area contributed by atoms with Crippen molar-refractivity contribution in [3.63, 3.8) is 0 Å². The standard InChI is InChI=1S/C15H12BrClN2O2/c16-12-7-5-10(6-8-12)14(20)15(21)19-18-9-11-3-1-2-4-13(11)17/h1-9,14,20H,(H,19,21)/b18-9+. The SMILES string of the molecule is O=C(N/N=C/c1ccccc1Cl)C(O)c1ccc(Br)cc1. The zero-order chi connectivity index (χ0) is 15.2. The van der Waals surface area contributed by atoms with Gasteiger partial charge in [-0.2, -0.15) is 5.10 Å². The predicted molar refractivity (Wildman–Crippen MR) is 86.3 cm³/mol. The average molecular weight is 368 g/mol. The summed E-state index contributed by atoms with van der Waals surface area (Å²) in [6.07, 6.45) is 0.149. The van der Waals surface area contributed by atoms with Gasteiger partial charge in [-0.05, 0) is 23.8 Å². The van der Waals surface area contributed by atoms with Crippen molar-refractivity contribution >= 4 is 39.7 Å². The molecule has 0 aromatic heterocycles. The monoisotopic (exact) mass is 366 g/mol. The highest BCUT2D eigenvalue weighted by molar-refractivity contribution is 9.10. The first-order chi connectivity index (χ1) is 10.1. The van der Waals surface area contributed by atoms with E-state index < -0.39 is 12.0 Å². The van der Waals surface area contributed by atoms with E-state index in [1.807, 2.05) is 6.07 Å². The van der Waals surface area contributed by atoms with Crippen molar-refractivity contribution in [1.82, 2.24) is 5.43 Å². The van der Waals surface area contributed by atoms with Crippen molar-refractivity contribution in [2.75, 3.05) is 0 Å². The molecule has 0 aliphatic rings. The number of hydrazone groups is 1. The minimum atomic E-state index is -1.28. The Morgan fingerprint density at radius 2 is 1.90 bits per heavy atom. The lowest BCUT2D eigenvalue weighted by atomic mass is 10.1. The highest BCUT2D eigenvalue weighted by Gasteiger charge is 2.16. The van der Waals surface area contributed by atoms with Crippen molar-refractivity contribution in [2.24, 2.45) is 5.10 Å². The number of rotatable bonds is 4. The summed E-state index contributed by atoms with van der Waals surface area (Å²) < 4.78 is 0.871. The molecule has 1 atom stereocenters. The highest BCUT2D eigenvalue weighted by atomic mass is 79.9. The zero-order valence-corrected chi connectivity index (χ0v) is 13.2. The number of halogens is 2. The van der Waals surface area contributed by atoms with Crippen LogP contribution in [0.2, 0.25) is 5.02 Å². The van der Waals surface area contributed by atoms with Crippen molar-refractivity contribution < 1.29 is 9.90 Å². The number of nitrogens with zero attached hydrogens (tertiary/aromatic N) is 1. The summed E-state index contributed by atoms with van der Waals surface area (Å²) in [5.41, 5.74) is 3.45. The van der Waals surface area contributed by atoms with E-state index in [2.05, 4.69) is 26.5 Å². The Morgan fingerprint density at radius 1 is 1.24 bits per heavy atom. The van der Waals surface area contributed by atoms with Gasteiger partial charge in [0.05, 0.1) is 6.21 Å². The minimum absolute atomic E-state index is 0.489. The molecule has 0 aliphatic carbocycles. The van der Waals surface area contributed by atoms with Gasteiger partial charge in [-0.25, -0.2) is 5.43 Å². The average Bonchev–Trinajstić information content (AvgIpc) is 2.49. The molecule has 0 fully saturated rings. The molecule has 2 aromatic carbocycles. The number of aliphatic hydroxyl groups excluding tert-OH is 1. The molecule has 1 unspecified atom stereocenters. The van der Waals surface area contributed by atoms with Crippen LogP contribution in [0.4, 0.5) is 0 Å². The number of carbonyl (C=O) groups excluding carboxylic acids is 1. The first-order valence-corrected chi connectivity index (χ1v) is 7.26. The molecule has 21 heavy (non-hydrogen) atoms. The second-order valence-corrected chi connectivity index (χ2v) is 5.53. The highest BCUT2D eigenvalue weighted by Crippen LogP contribution is 2.17. The molecule has 2 rings (SSSR count). The van der Waals surface area contributed by atoms with E-state index in [0.29, 0.717) is 16.1 Å². The van der Waals surface area contributed by atoms with E-state index in [4.69, 9.17) is 11.6 Å². The molecular formula is C15H12BrClN2O2. The van der Waals surface area contributed by atoms with E-state index in [1.165, 1.54) is 6.21 Å². The van der Waals surface area contributed by atoms with Gasteiger partial charge in [0.2, 0.25) is 0 Å². The molecule has 108 valence electrons. The summed E-state index contributed by atoms with van der Waals surface area (Å²) in [5.74, 6) is -0.611. The Kier molecular flexibility index (Phi) is 5.50. The van der Waals surface area contributed by atoms with E-state index in [1.54, 1.807) is 42.5 Å². The van der Waals surface area contributed by atoms with E-state index >= 15 is 0 Å². The number of benzene rings is 2. The number of carbonyl (C=O) groups is 1. The topological polar surface area (TPSA) is 61.7 Å². The molecule has 6 heteroatoms. The summed E-state index contributed by atoms with van der Waals surface area (Å²) in [5, 5.41) is 14.2. The molecule has 2 aromatic rings. The largest absolute Gasteiger partial charge is 0.378 e. The second kappa shape index (κ2) is 7.36. The van der Waals surface area contributed by atoms with Gasteiger partial charge < -0.3 is 5.11 Å². The molecule has 1 amide bonds. The lowest BCUT2D eigenvalue weighted by Gasteiger charge is -2.09. The van der Waals surface area contributed by atoms with E-state index in [0.717, 1.165) is 4.47 Å². The third-order valence-corrected chi connectivity index (χ3v) is 3.59. The van der Waals surface area contributed by atoms with Crippen molar-refractivity contribution in [2.45, 2.75) is 6.10 Å². The van der Waals surface area contributed by atoms with Crippen LogP contribution >= 0.6 is 27.5 Å². The summed E-state index contributed by atoms with van der Waals surface area (Å²) in [4.78, 5) is 11.8. The van der Waals surface area contributed by atoms with Crippen LogP contribution in [0.25, 0.3) is 0 Å². The molecule has 0 radical (unpaired) electrons. The molecule has 0 saturated heterocycles. The van der Waals surface area contributed by atoms with Gasteiger partial charge in [0.1, 0.15) is 0 Å². The third-order valence-electron chi connectivity index (χ3n) is 2.72. The normalized spacial score (nSPS) is 12.3. The second-order valence-electron chi connectivity index (χ2n) is 4.21. The van der Waals surface area contributed by atoms with Gasteiger partial charge in [0.15, 0.2) is 6.10 Å². The van der Waals surface area contributed by atoms with Crippen LogP contribution in [0.15, 0.2) is 58.1 Å². The van der Waals surface area contributed by atoms with Crippen LogP contribution < -0.4 is 5.43 Å². The summed E-state index contributed by atoms with van der Waals surface area (Å²) in [6, 6.07) is 13.9. The summed E-state index contributed by atoms with van der Waals surface area (Å²) in [7, 11) is 0. The molecule has 0 aliphatic heterocycles. The Labute approximate surface area is 135 Å². The lowest BCUT2D eigenvalue weighted by Crippen LogP contribution is -2.25. The zero-order valence-electron chi connectivity index (χ0n) is 10.8. The number of aliphatic hydroxyl groups is 1. The van der Waals surface area contributed by atoms with E-state index in [9.17, 15) is 9.90 Å². The van der Waals surface area contributed by atoms with Gasteiger partial charge in [-0.15, -0.1) is 0 Å². The van der Waals surface area contributed by atoms with Gasteiger partial charge >= 0.3 is 0 Å². The Balaban J connectivity index is 1.98. The van der Waals surface area contributed by atoms with Gasteiger partial charge in [-0.3, -0.25) is 4.79 Å². The van der Waals surface area contributed by atoms with Crippen LogP contribution in [0.1, 0.15) is 17.2 Å². The molecule has 0 spiro atoms. The number of hydrogen-bond donors (Lipinski definition) is 2. The smallest absolute Gasteiger partial charge is 0.273 e. The number of amides is 1. The maximum absolute atomic E-state index is 11.8. The van der Waals surface area contributed by atoms with Crippen LogP contribution in [-0.4, -0.2) is 17.2 Å². The molecule has 4 nitrogen and oxygen atoms in total. The molecule has 0 heterocycles. The van der Waals surface area contributed by atoms with Crippen LogP contribution in [0.5, 0.6) is 0 Å². The molecule has 2 N–H and O–H groups in total. The fraction of sp³-hybridized carbons (Fsp3) is 0.0667. The fourth-order valence-corrected chi connectivity index (χ4v) is 2.05. The number of hydrogen-bond acceptors (Lipinski definition) is 3. The maximum Gasteiger partial charge on any atom is 0.273 e. The minimum Gasteiger partial charge on any atom is -0.378 e. The maximum atomic E-state index is 11.8. The third kappa shape index (κ3) is 4.39. The first kappa shape index (κ1) is 15.7. The Bertz CT molecular complexity index is 659. The predicted octanol–water partition coefficient (Wildman–Crippen LogP) is 3.29. The van der Waals surface area contributed by atoms with Crippen LogP contribution in [0, 0.1) is 0 Å². The van der Waals surface area contributed by atoms with Gasteiger partial charge in [0, 0.05) is 15.1 Å². The van der Waals surface area contributed by atoms with Gasteiger partial charge in [0.25, 0.3) is 5.91 Å². The molecule has 0 saturated carbocycles. The van der Waals surface area contributed by atoms with Crippen LogP contribution in [0.3, 0.4) is 0 Å². The van der Waals surface area contributed by atoms with Crippen molar-refractivity contribution in [3.05, 3.63) is 69.2 Å². The summed E-state index contributed by atoms with van der Waals surface area (Å²) >= 11 is 9.24. The molecular weight excluding hydrogens is 356 g/mol. The Hall–Kier alpha value is -1.69. The van der Waals surface area contributed by atoms with E-state index in [-0.39, 0.29) is 0 Å². The summed E-state index contributed by atoms with van der Waals surface area (Å²) in [6.45, 7) is 0.